The molecule has 0 spiro atoms. The topological polar surface area (TPSA) is 75.9 Å². The number of hydrogen-bond acceptors (Lipinski definition) is 5. The fraction of sp³-hybridized carbons (Fsp3) is 0.619. The highest BCUT2D eigenvalue weighted by Gasteiger charge is 2.64. The minimum atomic E-state index is -1.21. The van der Waals surface area contributed by atoms with Crippen molar-refractivity contribution in [1.82, 2.24) is 10.0 Å². The Morgan fingerprint density at radius 2 is 1.83 bits per heavy atom. The average molecular weight is 442 g/mol. The zero-order valence-corrected chi connectivity index (χ0v) is 19.2. The van der Waals surface area contributed by atoms with Crippen LogP contribution in [0.5, 0.6) is 0 Å². The van der Waals surface area contributed by atoms with Gasteiger partial charge in [-0.05, 0) is 45.7 Å². The van der Waals surface area contributed by atoms with E-state index in [1.165, 1.54) is 5.01 Å². The number of amides is 1. The number of benzene rings is 1. The van der Waals surface area contributed by atoms with Crippen molar-refractivity contribution >= 4 is 35.1 Å². The number of esters is 1. The summed E-state index contributed by atoms with van der Waals surface area (Å²) >= 11 is 13.0. The quantitative estimate of drug-likeness (QED) is 0.718. The van der Waals surface area contributed by atoms with Crippen LogP contribution >= 0.6 is 23.2 Å². The van der Waals surface area contributed by atoms with Crippen molar-refractivity contribution in [3.8, 4) is 0 Å². The predicted molar refractivity (Wildman–Crippen MR) is 113 cm³/mol. The standard InChI is InChI=1S/C21H29Cl2N3O3/c1-11(2)17-16(24)18(27)26-21(6,19(28)29-20(3,4)5)10-14(25(17)26)15-12(22)8-7-9-13(15)23/h7-9,11,14,16-17H,10,24H2,1-6H3/t14-,16+,17+,21+/m0/s1. The second kappa shape index (κ2) is 7.41. The molecule has 0 saturated carbocycles. The summed E-state index contributed by atoms with van der Waals surface area (Å²) in [6.45, 7) is 11.2. The van der Waals surface area contributed by atoms with Crippen molar-refractivity contribution in [2.75, 3.05) is 0 Å². The van der Waals surface area contributed by atoms with Crippen LogP contribution in [-0.4, -0.2) is 45.1 Å². The highest BCUT2D eigenvalue weighted by atomic mass is 35.5. The van der Waals surface area contributed by atoms with Crippen molar-refractivity contribution in [2.24, 2.45) is 11.7 Å². The Hall–Kier alpha value is -1.34. The maximum atomic E-state index is 13.3. The number of ether oxygens (including phenoxy) is 1. The highest BCUT2D eigenvalue weighted by molar-refractivity contribution is 6.36. The summed E-state index contributed by atoms with van der Waals surface area (Å²) in [5.74, 6) is -0.683. The van der Waals surface area contributed by atoms with E-state index in [1.54, 1.807) is 45.9 Å². The molecule has 0 aromatic heterocycles. The number of nitrogens with two attached hydrogens (primary N) is 1. The van der Waals surface area contributed by atoms with Gasteiger partial charge in [-0.25, -0.2) is 9.80 Å². The van der Waals surface area contributed by atoms with Gasteiger partial charge < -0.3 is 10.5 Å². The van der Waals surface area contributed by atoms with E-state index in [0.717, 1.165) is 0 Å². The van der Waals surface area contributed by atoms with Crippen molar-refractivity contribution < 1.29 is 14.3 Å². The molecule has 160 valence electrons. The number of nitrogens with zero attached hydrogens (tertiary/aromatic N) is 2. The second-order valence-electron chi connectivity index (χ2n) is 9.42. The summed E-state index contributed by atoms with van der Waals surface area (Å²) in [4.78, 5) is 26.5. The summed E-state index contributed by atoms with van der Waals surface area (Å²) in [6, 6.07) is 3.88. The molecule has 2 heterocycles. The summed E-state index contributed by atoms with van der Waals surface area (Å²) in [6.07, 6.45) is 0.313. The van der Waals surface area contributed by atoms with Crippen molar-refractivity contribution in [1.29, 1.82) is 0 Å². The fourth-order valence-electron chi connectivity index (χ4n) is 4.44. The van der Waals surface area contributed by atoms with Gasteiger partial charge in [0.25, 0.3) is 5.91 Å². The number of hydrazine groups is 1. The minimum absolute atomic E-state index is 0.0729. The lowest BCUT2D eigenvalue weighted by Gasteiger charge is -2.37. The van der Waals surface area contributed by atoms with Gasteiger partial charge in [0, 0.05) is 22.0 Å². The zero-order valence-electron chi connectivity index (χ0n) is 17.7. The lowest BCUT2D eigenvalue weighted by molar-refractivity contribution is -0.178. The third-order valence-corrected chi connectivity index (χ3v) is 6.29. The molecular weight excluding hydrogens is 413 g/mol. The Morgan fingerprint density at radius 1 is 1.28 bits per heavy atom. The average Bonchev–Trinajstić information content (AvgIpc) is 3.01. The molecule has 2 N–H and O–H groups in total. The second-order valence-corrected chi connectivity index (χ2v) is 10.2. The van der Waals surface area contributed by atoms with Crippen molar-refractivity contribution in [3.63, 3.8) is 0 Å². The molecule has 8 heteroatoms. The van der Waals surface area contributed by atoms with Gasteiger partial charge >= 0.3 is 5.97 Å². The number of halogens is 2. The molecule has 0 unspecified atom stereocenters. The number of hydrogen-bond donors (Lipinski definition) is 1. The number of carbonyl (C=O) groups excluding carboxylic acids is 2. The normalized spacial score (nSPS) is 30.2. The first-order valence-electron chi connectivity index (χ1n) is 9.85. The Labute approximate surface area is 182 Å². The van der Waals surface area contributed by atoms with Gasteiger partial charge in [0.15, 0.2) is 5.54 Å². The van der Waals surface area contributed by atoms with Gasteiger partial charge in [0.2, 0.25) is 0 Å². The van der Waals surface area contributed by atoms with Gasteiger partial charge in [-0.3, -0.25) is 9.80 Å². The third-order valence-electron chi connectivity index (χ3n) is 5.63. The summed E-state index contributed by atoms with van der Waals surface area (Å²) in [5, 5.41) is 4.40. The van der Waals surface area contributed by atoms with E-state index in [2.05, 4.69) is 0 Å². The van der Waals surface area contributed by atoms with Crippen LogP contribution in [0.2, 0.25) is 10.0 Å². The lowest BCUT2D eigenvalue weighted by atomic mass is 9.88. The lowest BCUT2D eigenvalue weighted by Crippen LogP contribution is -2.55. The summed E-state index contributed by atoms with van der Waals surface area (Å²) < 4.78 is 5.69. The third kappa shape index (κ3) is 3.65. The molecule has 0 bridgehead atoms. The number of rotatable bonds is 3. The van der Waals surface area contributed by atoms with E-state index in [0.29, 0.717) is 22.0 Å². The molecule has 2 fully saturated rings. The van der Waals surface area contributed by atoms with Crippen LogP contribution in [-0.2, 0) is 14.3 Å². The van der Waals surface area contributed by atoms with Crippen LogP contribution in [0.4, 0.5) is 0 Å². The molecule has 1 aromatic carbocycles. The van der Waals surface area contributed by atoms with E-state index >= 15 is 0 Å². The maximum Gasteiger partial charge on any atom is 0.333 e. The minimum Gasteiger partial charge on any atom is -0.458 e. The van der Waals surface area contributed by atoms with E-state index in [1.807, 2.05) is 18.9 Å². The van der Waals surface area contributed by atoms with Crippen molar-refractivity contribution in [2.45, 2.75) is 77.2 Å². The van der Waals surface area contributed by atoms with Gasteiger partial charge in [-0.15, -0.1) is 0 Å². The molecule has 1 aromatic rings. The first-order valence-corrected chi connectivity index (χ1v) is 10.6. The van der Waals surface area contributed by atoms with Crippen LogP contribution in [0.3, 0.4) is 0 Å². The van der Waals surface area contributed by atoms with E-state index in [9.17, 15) is 9.59 Å². The first-order chi connectivity index (χ1) is 13.3. The Balaban J connectivity index is 2.16. The van der Waals surface area contributed by atoms with Crippen LogP contribution < -0.4 is 5.73 Å². The smallest absolute Gasteiger partial charge is 0.333 e. The molecule has 29 heavy (non-hydrogen) atoms. The SMILES string of the molecule is CC(C)[C@@H]1[C@@H](N)C(=O)N2N1[C@H](c1c(Cl)cccc1Cl)C[C@]2(C)C(=O)OC(C)(C)C. The predicted octanol–water partition coefficient (Wildman–Crippen LogP) is 3.95. The molecule has 4 atom stereocenters. The summed E-state index contributed by atoms with van der Waals surface area (Å²) in [7, 11) is 0. The van der Waals surface area contributed by atoms with Crippen LogP contribution in [0.1, 0.15) is 59.6 Å². The van der Waals surface area contributed by atoms with E-state index in [-0.39, 0.29) is 23.9 Å². The van der Waals surface area contributed by atoms with Crippen LogP contribution in [0.15, 0.2) is 18.2 Å². The molecule has 1 amide bonds. The van der Waals surface area contributed by atoms with E-state index in [4.69, 9.17) is 33.7 Å². The van der Waals surface area contributed by atoms with Crippen molar-refractivity contribution in [3.05, 3.63) is 33.8 Å². The first kappa shape index (κ1) is 22.3. The molecule has 0 radical (unpaired) electrons. The fourth-order valence-corrected chi connectivity index (χ4v) is 5.09. The Morgan fingerprint density at radius 3 is 2.31 bits per heavy atom. The van der Waals surface area contributed by atoms with Gasteiger partial charge in [-0.2, -0.15) is 0 Å². The van der Waals surface area contributed by atoms with Crippen LogP contribution in [0.25, 0.3) is 0 Å². The molecule has 2 aliphatic heterocycles. The monoisotopic (exact) mass is 441 g/mol. The number of fused-ring (bicyclic) bond motifs is 1. The number of carbonyl (C=O) groups is 2. The molecule has 2 saturated heterocycles. The Kier molecular flexibility index (Phi) is 5.71. The Bertz CT molecular complexity index is 819. The van der Waals surface area contributed by atoms with Crippen LogP contribution in [0, 0.1) is 5.92 Å². The highest BCUT2D eigenvalue weighted by Crippen LogP contribution is 2.52. The molecular formula is C21H29Cl2N3O3. The molecule has 3 rings (SSSR count). The molecule has 2 aliphatic rings. The largest absolute Gasteiger partial charge is 0.458 e. The maximum absolute atomic E-state index is 13.3. The van der Waals surface area contributed by atoms with Gasteiger partial charge in [0.1, 0.15) is 11.6 Å². The van der Waals surface area contributed by atoms with E-state index < -0.39 is 23.2 Å². The zero-order chi connectivity index (χ0) is 21.9. The van der Waals surface area contributed by atoms with Gasteiger partial charge in [0.05, 0.1) is 12.1 Å². The molecule has 6 nitrogen and oxygen atoms in total. The van der Waals surface area contributed by atoms with Gasteiger partial charge in [-0.1, -0.05) is 43.1 Å². The molecule has 0 aliphatic carbocycles. The summed E-state index contributed by atoms with van der Waals surface area (Å²) in [5.41, 5.74) is 5.13.